The Labute approximate surface area is 92.7 Å². The van der Waals surface area contributed by atoms with Gasteiger partial charge in [-0.3, -0.25) is 9.89 Å². The van der Waals surface area contributed by atoms with E-state index < -0.39 is 0 Å². The number of hydrogen-bond acceptors (Lipinski definition) is 3. The Balaban J connectivity index is 2.11. The van der Waals surface area contributed by atoms with Crippen molar-refractivity contribution in [2.45, 2.75) is 13.3 Å². The number of hydrogen-bond donors (Lipinski definition) is 2. The highest BCUT2D eigenvalue weighted by molar-refractivity contribution is 6.02. The van der Waals surface area contributed by atoms with E-state index in [2.05, 4.69) is 20.5 Å². The van der Waals surface area contributed by atoms with Gasteiger partial charge in [0.2, 0.25) is 0 Å². The van der Waals surface area contributed by atoms with Crippen molar-refractivity contribution >= 4 is 11.7 Å². The SMILES string of the molecule is CCc1cc(NC(=O)c2cncn2C)n[nH]1. The summed E-state index contributed by atoms with van der Waals surface area (Å²) in [6, 6.07) is 1.81. The summed E-state index contributed by atoms with van der Waals surface area (Å²) in [5, 5.41) is 9.51. The molecule has 2 rings (SSSR count). The van der Waals surface area contributed by atoms with Gasteiger partial charge in [-0.1, -0.05) is 6.92 Å². The van der Waals surface area contributed by atoms with E-state index in [1.54, 1.807) is 17.9 Å². The van der Waals surface area contributed by atoms with Gasteiger partial charge >= 0.3 is 0 Å². The number of aromatic amines is 1. The van der Waals surface area contributed by atoms with Crippen LogP contribution >= 0.6 is 0 Å². The van der Waals surface area contributed by atoms with Gasteiger partial charge in [-0.25, -0.2) is 4.98 Å². The van der Waals surface area contributed by atoms with Crippen LogP contribution in [0.5, 0.6) is 0 Å². The van der Waals surface area contributed by atoms with Crippen molar-refractivity contribution in [3.63, 3.8) is 0 Å². The first-order valence-corrected chi connectivity index (χ1v) is 5.02. The first kappa shape index (κ1) is 10.4. The monoisotopic (exact) mass is 219 g/mol. The molecule has 0 aliphatic rings. The lowest BCUT2D eigenvalue weighted by molar-refractivity contribution is 0.101. The smallest absolute Gasteiger partial charge is 0.275 e. The van der Waals surface area contributed by atoms with Crippen molar-refractivity contribution in [2.75, 3.05) is 5.32 Å². The maximum absolute atomic E-state index is 11.8. The predicted octanol–water partition coefficient (Wildman–Crippen LogP) is 0.958. The Bertz CT molecular complexity index is 499. The third-order valence-electron chi connectivity index (χ3n) is 2.30. The fraction of sp³-hybridized carbons (Fsp3) is 0.300. The number of rotatable bonds is 3. The Morgan fingerprint density at radius 3 is 3.00 bits per heavy atom. The molecule has 0 aliphatic carbocycles. The molecule has 6 nitrogen and oxygen atoms in total. The molecule has 6 heteroatoms. The lowest BCUT2D eigenvalue weighted by Crippen LogP contribution is -2.15. The molecule has 0 bridgehead atoms. The molecule has 0 saturated carbocycles. The van der Waals surface area contributed by atoms with Crippen LogP contribution in [-0.4, -0.2) is 25.7 Å². The van der Waals surface area contributed by atoms with E-state index in [0.29, 0.717) is 11.5 Å². The van der Waals surface area contributed by atoms with Gasteiger partial charge in [-0.05, 0) is 6.42 Å². The normalized spacial score (nSPS) is 10.4. The van der Waals surface area contributed by atoms with E-state index in [0.717, 1.165) is 12.1 Å². The zero-order valence-electron chi connectivity index (χ0n) is 9.19. The Hall–Kier alpha value is -2.11. The van der Waals surface area contributed by atoms with Crippen LogP contribution in [0.1, 0.15) is 23.1 Å². The lowest BCUT2D eigenvalue weighted by Gasteiger charge is -2.01. The largest absolute Gasteiger partial charge is 0.330 e. The molecule has 0 aliphatic heterocycles. The molecule has 0 spiro atoms. The number of aromatic nitrogens is 4. The molecule has 0 atom stereocenters. The highest BCUT2D eigenvalue weighted by Gasteiger charge is 2.11. The number of H-pyrrole nitrogens is 1. The predicted molar refractivity (Wildman–Crippen MR) is 59.1 cm³/mol. The number of amides is 1. The van der Waals surface area contributed by atoms with E-state index in [1.165, 1.54) is 6.20 Å². The fourth-order valence-corrected chi connectivity index (χ4v) is 1.36. The molecule has 2 heterocycles. The molecular weight excluding hydrogens is 206 g/mol. The van der Waals surface area contributed by atoms with E-state index >= 15 is 0 Å². The molecule has 0 aromatic carbocycles. The van der Waals surface area contributed by atoms with E-state index in [9.17, 15) is 4.79 Å². The van der Waals surface area contributed by atoms with Crippen LogP contribution in [0.2, 0.25) is 0 Å². The number of carbonyl (C=O) groups is 1. The number of aryl methyl sites for hydroxylation is 2. The second kappa shape index (κ2) is 4.18. The van der Waals surface area contributed by atoms with E-state index in [1.807, 2.05) is 13.0 Å². The molecule has 16 heavy (non-hydrogen) atoms. The molecule has 1 amide bonds. The van der Waals surface area contributed by atoms with Crippen molar-refractivity contribution in [3.05, 3.63) is 30.0 Å². The summed E-state index contributed by atoms with van der Waals surface area (Å²) in [6.45, 7) is 2.01. The number of carbonyl (C=O) groups excluding carboxylic acids is 1. The van der Waals surface area contributed by atoms with Crippen molar-refractivity contribution in [1.29, 1.82) is 0 Å². The van der Waals surface area contributed by atoms with Gasteiger partial charge in [0.15, 0.2) is 5.82 Å². The van der Waals surface area contributed by atoms with Crippen molar-refractivity contribution in [1.82, 2.24) is 19.7 Å². The number of imidazole rings is 1. The zero-order chi connectivity index (χ0) is 11.5. The summed E-state index contributed by atoms with van der Waals surface area (Å²) in [5.74, 6) is 0.317. The molecule has 2 aromatic rings. The average Bonchev–Trinajstić information content (AvgIpc) is 2.86. The van der Waals surface area contributed by atoms with Gasteiger partial charge in [0.1, 0.15) is 5.69 Å². The lowest BCUT2D eigenvalue weighted by atomic mass is 10.3. The summed E-state index contributed by atoms with van der Waals surface area (Å²) in [6.07, 6.45) is 3.95. The van der Waals surface area contributed by atoms with Crippen LogP contribution in [0.15, 0.2) is 18.6 Å². The zero-order valence-corrected chi connectivity index (χ0v) is 9.19. The molecular formula is C10H13N5O. The first-order valence-electron chi connectivity index (χ1n) is 5.02. The fourth-order valence-electron chi connectivity index (χ4n) is 1.36. The van der Waals surface area contributed by atoms with Crippen LogP contribution in [0.25, 0.3) is 0 Å². The van der Waals surface area contributed by atoms with Gasteiger partial charge in [-0.2, -0.15) is 5.10 Å². The molecule has 2 aromatic heterocycles. The minimum atomic E-state index is -0.214. The second-order valence-corrected chi connectivity index (χ2v) is 3.48. The minimum Gasteiger partial charge on any atom is -0.330 e. The van der Waals surface area contributed by atoms with E-state index in [-0.39, 0.29) is 5.91 Å². The summed E-state index contributed by atoms with van der Waals surface area (Å²) < 4.78 is 1.66. The standard InChI is InChI=1S/C10H13N5O/c1-3-7-4-9(14-13-7)12-10(16)8-5-11-6-15(8)2/h4-6H,3H2,1-2H3,(H2,12,13,14,16). The van der Waals surface area contributed by atoms with E-state index in [4.69, 9.17) is 0 Å². The van der Waals surface area contributed by atoms with Crippen LogP contribution in [0.3, 0.4) is 0 Å². The number of nitrogens with zero attached hydrogens (tertiary/aromatic N) is 3. The Morgan fingerprint density at radius 2 is 2.44 bits per heavy atom. The van der Waals surface area contributed by atoms with Crippen molar-refractivity contribution in [2.24, 2.45) is 7.05 Å². The third kappa shape index (κ3) is 1.95. The molecule has 84 valence electrons. The average molecular weight is 219 g/mol. The summed E-state index contributed by atoms with van der Waals surface area (Å²) in [7, 11) is 1.77. The highest BCUT2D eigenvalue weighted by atomic mass is 16.2. The summed E-state index contributed by atoms with van der Waals surface area (Å²) in [5.41, 5.74) is 1.49. The van der Waals surface area contributed by atoms with Gasteiger partial charge in [0.25, 0.3) is 5.91 Å². The van der Waals surface area contributed by atoms with Gasteiger partial charge in [0, 0.05) is 18.8 Å². The highest BCUT2D eigenvalue weighted by Crippen LogP contribution is 2.07. The Kier molecular flexibility index (Phi) is 2.72. The first-order chi connectivity index (χ1) is 7.70. The molecule has 0 fully saturated rings. The summed E-state index contributed by atoms with van der Waals surface area (Å²) >= 11 is 0. The minimum absolute atomic E-state index is 0.214. The number of nitrogens with one attached hydrogen (secondary N) is 2. The van der Waals surface area contributed by atoms with Crippen LogP contribution in [-0.2, 0) is 13.5 Å². The van der Waals surface area contributed by atoms with Crippen LogP contribution in [0.4, 0.5) is 5.82 Å². The maximum atomic E-state index is 11.8. The third-order valence-corrected chi connectivity index (χ3v) is 2.30. The second-order valence-electron chi connectivity index (χ2n) is 3.48. The quantitative estimate of drug-likeness (QED) is 0.807. The summed E-state index contributed by atoms with van der Waals surface area (Å²) in [4.78, 5) is 15.6. The molecule has 0 radical (unpaired) electrons. The Morgan fingerprint density at radius 1 is 1.62 bits per heavy atom. The van der Waals surface area contributed by atoms with Crippen molar-refractivity contribution < 1.29 is 4.79 Å². The van der Waals surface area contributed by atoms with Crippen LogP contribution < -0.4 is 5.32 Å². The molecule has 2 N–H and O–H groups in total. The van der Waals surface area contributed by atoms with Gasteiger partial charge in [0.05, 0.1) is 12.5 Å². The topological polar surface area (TPSA) is 75.6 Å². The van der Waals surface area contributed by atoms with Crippen LogP contribution in [0, 0.1) is 0 Å². The van der Waals surface area contributed by atoms with Gasteiger partial charge in [-0.15, -0.1) is 0 Å². The maximum Gasteiger partial charge on any atom is 0.275 e. The van der Waals surface area contributed by atoms with Gasteiger partial charge < -0.3 is 9.88 Å². The molecule has 0 saturated heterocycles. The number of anilines is 1. The molecule has 0 unspecified atom stereocenters. The van der Waals surface area contributed by atoms with Crippen molar-refractivity contribution in [3.8, 4) is 0 Å².